The molecule has 29 heavy (non-hydrogen) atoms. The molecule has 4 rings (SSSR count). The van der Waals surface area contributed by atoms with Crippen molar-refractivity contribution in [2.45, 2.75) is 64.3 Å². The molecule has 1 unspecified atom stereocenters. The van der Waals surface area contributed by atoms with Crippen LogP contribution in [0.2, 0.25) is 0 Å². The molecular formula is C20H27N5O4. The highest BCUT2D eigenvalue weighted by molar-refractivity contribution is 5.92. The van der Waals surface area contributed by atoms with Crippen LogP contribution in [0.25, 0.3) is 0 Å². The smallest absolute Gasteiger partial charge is 0.276 e. The summed E-state index contributed by atoms with van der Waals surface area (Å²) >= 11 is 0. The molecule has 9 nitrogen and oxygen atoms in total. The Labute approximate surface area is 169 Å². The highest BCUT2D eigenvalue weighted by atomic mass is 16.5. The number of hydrogen-bond donors (Lipinski definition) is 0. The van der Waals surface area contributed by atoms with Gasteiger partial charge in [0.05, 0.1) is 0 Å². The Morgan fingerprint density at radius 2 is 2.03 bits per heavy atom. The maximum absolute atomic E-state index is 12.7. The number of hydrogen-bond acceptors (Lipinski definition) is 7. The van der Waals surface area contributed by atoms with Gasteiger partial charge in [-0.2, -0.15) is 4.98 Å². The summed E-state index contributed by atoms with van der Waals surface area (Å²) in [5.74, 6) is 2.20. The molecule has 1 atom stereocenters. The molecule has 2 amide bonds. The molecule has 0 aromatic carbocycles. The van der Waals surface area contributed by atoms with Crippen molar-refractivity contribution in [3.63, 3.8) is 0 Å². The highest BCUT2D eigenvalue weighted by Gasteiger charge is 2.31. The number of carbonyl (C=O) groups is 2. The van der Waals surface area contributed by atoms with E-state index in [0.717, 1.165) is 31.6 Å². The van der Waals surface area contributed by atoms with E-state index in [-0.39, 0.29) is 17.9 Å². The van der Waals surface area contributed by atoms with Crippen molar-refractivity contribution in [1.29, 1.82) is 0 Å². The van der Waals surface area contributed by atoms with Gasteiger partial charge in [0.25, 0.3) is 5.91 Å². The molecule has 9 heteroatoms. The number of rotatable bonds is 6. The maximum atomic E-state index is 12.7. The fourth-order valence-corrected chi connectivity index (χ4v) is 4.03. The van der Waals surface area contributed by atoms with Gasteiger partial charge in [-0.05, 0) is 32.6 Å². The molecule has 2 fully saturated rings. The van der Waals surface area contributed by atoms with E-state index in [9.17, 15) is 9.59 Å². The molecule has 156 valence electrons. The highest BCUT2D eigenvalue weighted by Crippen LogP contribution is 2.35. The fourth-order valence-electron chi connectivity index (χ4n) is 4.03. The van der Waals surface area contributed by atoms with Crippen LogP contribution in [0.1, 0.15) is 72.9 Å². The first-order valence-electron chi connectivity index (χ1n) is 10.3. The Kier molecular flexibility index (Phi) is 5.64. The molecule has 0 bridgehead atoms. The lowest BCUT2D eigenvalue weighted by Gasteiger charge is -2.38. The first-order chi connectivity index (χ1) is 14.0. The zero-order chi connectivity index (χ0) is 20.4. The topological polar surface area (TPSA) is 106 Å². The third kappa shape index (κ3) is 4.33. The summed E-state index contributed by atoms with van der Waals surface area (Å²) in [4.78, 5) is 33.1. The number of nitrogens with zero attached hydrogens (tertiary/aromatic N) is 5. The van der Waals surface area contributed by atoms with Crippen molar-refractivity contribution >= 4 is 11.8 Å². The number of aryl methyl sites for hydroxylation is 1. The molecule has 0 spiro atoms. The van der Waals surface area contributed by atoms with Gasteiger partial charge >= 0.3 is 0 Å². The predicted octanol–water partition coefficient (Wildman–Crippen LogP) is 2.33. The number of likely N-dealkylation sites (tertiary alicyclic amines) is 1. The molecule has 1 aliphatic carbocycles. The Balaban J connectivity index is 1.37. The van der Waals surface area contributed by atoms with Crippen molar-refractivity contribution in [2.24, 2.45) is 0 Å². The Morgan fingerprint density at radius 3 is 2.69 bits per heavy atom. The van der Waals surface area contributed by atoms with Crippen LogP contribution in [0.3, 0.4) is 0 Å². The van der Waals surface area contributed by atoms with Gasteiger partial charge in [-0.25, -0.2) is 0 Å². The standard InChI is InChI=1S/C20H27N5O4/c1-13-11-17(22-28-13)20(27)24-9-4-7-16(12-24)25(14(2)26)10-8-18-21-19(29-23-18)15-5-3-6-15/h11,15-16H,3-10,12H2,1-2H3. The van der Waals surface area contributed by atoms with Crippen molar-refractivity contribution in [3.8, 4) is 0 Å². The van der Waals surface area contributed by atoms with Crippen molar-refractivity contribution in [2.75, 3.05) is 19.6 Å². The van der Waals surface area contributed by atoms with Gasteiger partial charge in [-0.1, -0.05) is 16.7 Å². The molecule has 0 radical (unpaired) electrons. The summed E-state index contributed by atoms with van der Waals surface area (Å²) in [6.07, 6.45) is 5.68. The lowest BCUT2D eigenvalue weighted by Crippen LogP contribution is -2.51. The molecule has 3 heterocycles. The summed E-state index contributed by atoms with van der Waals surface area (Å²) in [7, 11) is 0. The molecule has 1 saturated carbocycles. The van der Waals surface area contributed by atoms with Gasteiger partial charge in [0.1, 0.15) is 5.76 Å². The second-order valence-electron chi connectivity index (χ2n) is 8.01. The summed E-state index contributed by atoms with van der Waals surface area (Å²) in [6.45, 7) is 4.98. The van der Waals surface area contributed by atoms with Crippen LogP contribution < -0.4 is 0 Å². The normalized spacial score (nSPS) is 19.8. The molecule has 2 aliphatic rings. The van der Waals surface area contributed by atoms with Crippen LogP contribution in [0.15, 0.2) is 15.1 Å². The molecule has 1 saturated heterocycles. The Morgan fingerprint density at radius 1 is 1.21 bits per heavy atom. The van der Waals surface area contributed by atoms with Crippen molar-refractivity contribution < 1.29 is 18.6 Å². The van der Waals surface area contributed by atoms with Crippen LogP contribution in [-0.4, -0.2) is 62.6 Å². The summed E-state index contributed by atoms with van der Waals surface area (Å²) in [6, 6.07) is 1.61. The number of carbonyl (C=O) groups excluding carboxylic acids is 2. The first-order valence-corrected chi connectivity index (χ1v) is 10.3. The van der Waals surface area contributed by atoms with E-state index in [1.54, 1.807) is 24.8 Å². The van der Waals surface area contributed by atoms with Gasteiger partial charge in [-0.15, -0.1) is 0 Å². The van der Waals surface area contributed by atoms with Crippen LogP contribution >= 0.6 is 0 Å². The summed E-state index contributed by atoms with van der Waals surface area (Å²) < 4.78 is 10.4. The van der Waals surface area contributed by atoms with E-state index < -0.39 is 0 Å². The van der Waals surface area contributed by atoms with Gasteiger partial charge in [0.15, 0.2) is 11.5 Å². The van der Waals surface area contributed by atoms with Gasteiger partial charge in [0, 0.05) is 51.0 Å². The second-order valence-corrected chi connectivity index (χ2v) is 8.01. The largest absolute Gasteiger partial charge is 0.361 e. The lowest BCUT2D eigenvalue weighted by atomic mass is 9.85. The number of aromatic nitrogens is 3. The zero-order valence-corrected chi connectivity index (χ0v) is 17.0. The van der Waals surface area contributed by atoms with Crippen molar-refractivity contribution in [3.05, 3.63) is 29.2 Å². The third-order valence-electron chi connectivity index (χ3n) is 5.89. The molecule has 0 N–H and O–H groups in total. The monoisotopic (exact) mass is 401 g/mol. The lowest BCUT2D eigenvalue weighted by molar-refractivity contribution is -0.132. The molecule has 2 aromatic heterocycles. The molecule has 2 aromatic rings. The Bertz CT molecular complexity index is 872. The number of piperidine rings is 1. The zero-order valence-electron chi connectivity index (χ0n) is 17.0. The van der Waals surface area contributed by atoms with Crippen LogP contribution in [0, 0.1) is 6.92 Å². The maximum Gasteiger partial charge on any atom is 0.276 e. The third-order valence-corrected chi connectivity index (χ3v) is 5.89. The average Bonchev–Trinajstić information content (AvgIpc) is 3.29. The van der Waals surface area contributed by atoms with E-state index in [0.29, 0.717) is 49.3 Å². The minimum absolute atomic E-state index is 0.00992. The van der Waals surface area contributed by atoms with Gasteiger partial charge in [-0.3, -0.25) is 9.59 Å². The van der Waals surface area contributed by atoms with E-state index in [1.807, 2.05) is 4.90 Å². The number of amides is 2. The summed E-state index contributed by atoms with van der Waals surface area (Å²) in [5, 5.41) is 7.90. The van der Waals surface area contributed by atoms with Crippen LogP contribution in [0.4, 0.5) is 0 Å². The first kappa shape index (κ1) is 19.6. The predicted molar refractivity (Wildman–Crippen MR) is 102 cm³/mol. The Hall–Kier alpha value is -2.71. The summed E-state index contributed by atoms with van der Waals surface area (Å²) in [5.41, 5.74) is 0.313. The van der Waals surface area contributed by atoms with Gasteiger partial charge < -0.3 is 18.8 Å². The van der Waals surface area contributed by atoms with E-state index in [4.69, 9.17) is 9.05 Å². The van der Waals surface area contributed by atoms with Crippen LogP contribution in [0.5, 0.6) is 0 Å². The second kappa shape index (κ2) is 8.34. The van der Waals surface area contributed by atoms with Crippen molar-refractivity contribution in [1.82, 2.24) is 25.1 Å². The average molecular weight is 401 g/mol. The molecule has 1 aliphatic heterocycles. The minimum atomic E-state index is -0.154. The van der Waals surface area contributed by atoms with E-state index in [2.05, 4.69) is 15.3 Å². The SMILES string of the molecule is CC(=O)N(CCc1noc(C2CCC2)n1)C1CCCN(C(=O)c2cc(C)on2)C1. The van der Waals surface area contributed by atoms with Crippen LogP contribution in [-0.2, 0) is 11.2 Å². The van der Waals surface area contributed by atoms with E-state index >= 15 is 0 Å². The van der Waals surface area contributed by atoms with Gasteiger partial charge in [0.2, 0.25) is 11.8 Å². The molecular weight excluding hydrogens is 374 g/mol. The quantitative estimate of drug-likeness (QED) is 0.731. The van der Waals surface area contributed by atoms with E-state index in [1.165, 1.54) is 6.42 Å². The fraction of sp³-hybridized carbons (Fsp3) is 0.650. The minimum Gasteiger partial charge on any atom is -0.361 e.